The van der Waals surface area contributed by atoms with Crippen LogP contribution in [0.3, 0.4) is 0 Å². The highest BCUT2D eigenvalue weighted by Crippen LogP contribution is 2.22. The van der Waals surface area contributed by atoms with Crippen molar-refractivity contribution >= 4 is 22.9 Å². The van der Waals surface area contributed by atoms with Gasteiger partial charge in [-0.15, -0.1) is 0 Å². The van der Waals surface area contributed by atoms with E-state index in [1.807, 2.05) is 61.7 Å². The van der Waals surface area contributed by atoms with Gasteiger partial charge in [-0.05, 0) is 50.6 Å². The Hall–Kier alpha value is -3.15. The summed E-state index contributed by atoms with van der Waals surface area (Å²) in [6.07, 6.45) is 0.819. The molecular weight excluding hydrogens is 342 g/mol. The third kappa shape index (κ3) is 4.16. The van der Waals surface area contributed by atoms with Gasteiger partial charge in [0.25, 0.3) is 5.91 Å². The van der Waals surface area contributed by atoms with E-state index in [4.69, 9.17) is 4.74 Å². The highest BCUT2D eigenvalue weighted by Gasteiger charge is 2.15. The van der Waals surface area contributed by atoms with Crippen molar-refractivity contribution < 1.29 is 14.3 Å². The van der Waals surface area contributed by atoms with Crippen LogP contribution in [0.25, 0.3) is 16.7 Å². The van der Waals surface area contributed by atoms with Gasteiger partial charge >= 0.3 is 5.97 Å². The molecule has 1 N–H and O–H groups in total. The fourth-order valence-electron chi connectivity index (χ4n) is 2.86. The van der Waals surface area contributed by atoms with Gasteiger partial charge in [-0.2, -0.15) is 0 Å². The predicted octanol–water partition coefficient (Wildman–Crippen LogP) is 3.41. The van der Waals surface area contributed by atoms with Crippen molar-refractivity contribution in [3.8, 4) is 5.69 Å². The number of rotatable bonds is 6. The minimum absolute atomic E-state index is 0.0532. The highest BCUT2D eigenvalue weighted by molar-refractivity contribution is 5.95. The first kappa shape index (κ1) is 18.6. The van der Waals surface area contributed by atoms with E-state index in [0.717, 1.165) is 23.4 Å². The number of nitrogens with zero attached hydrogens (tertiary/aromatic N) is 2. The monoisotopic (exact) mass is 365 g/mol. The largest absolute Gasteiger partial charge is 0.452 e. The number of carbonyl (C=O) groups excluding carboxylic acids is 2. The lowest BCUT2D eigenvalue weighted by Gasteiger charge is -2.11. The number of imidazole rings is 1. The molecule has 2 aromatic carbocycles. The Bertz CT molecular complexity index is 963. The molecule has 0 aliphatic carbocycles. The molecule has 1 aromatic heterocycles. The molecule has 0 saturated carbocycles. The van der Waals surface area contributed by atoms with Gasteiger partial charge in [0.05, 0.1) is 16.6 Å². The van der Waals surface area contributed by atoms with Crippen molar-refractivity contribution in [3.63, 3.8) is 0 Å². The van der Waals surface area contributed by atoms with Crippen LogP contribution in [0, 0.1) is 6.92 Å². The summed E-state index contributed by atoms with van der Waals surface area (Å²) in [4.78, 5) is 28.6. The second-order valence-corrected chi connectivity index (χ2v) is 6.49. The second kappa shape index (κ2) is 8.03. The molecule has 0 spiro atoms. The fourth-order valence-corrected chi connectivity index (χ4v) is 2.86. The van der Waals surface area contributed by atoms with Crippen molar-refractivity contribution in [2.75, 3.05) is 6.61 Å². The van der Waals surface area contributed by atoms with E-state index < -0.39 is 5.97 Å². The van der Waals surface area contributed by atoms with Crippen LogP contribution in [0.5, 0.6) is 0 Å². The molecule has 1 atom stereocenters. The summed E-state index contributed by atoms with van der Waals surface area (Å²) in [5.74, 6) is -0.0132. The molecule has 0 bridgehead atoms. The lowest BCUT2D eigenvalue weighted by Crippen LogP contribution is -2.35. The summed E-state index contributed by atoms with van der Waals surface area (Å²) in [6, 6.07) is 15.2. The topological polar surface area (TPSA) is 73.2 Å². The Morgan fingerprint density at radius 1 is 1.19 bits per heavy atom. The first-order valence-electron chi connectivity index (χ1n) is 9.00. The molecule has 0 aliphatic rings. The van der Waals surface area contributed by atoms with Crippen molar-refractivity contribution in [2.24, 2.45) is 0 Å². The number of aryl methyl sites for hydroxylation is 1. The van der Waals surface area contributed by atoms with Crippen LogP contribution in [0.4, 0.5) is 0 Å². The second-order valence-electron chi connectivity index (χ2n) is 6.49. The van der Waals surface area contributed by atoms with E-state index in [-0.39, 0.29) is 18.6 Å². The number of esters is 1. The fraction of sp³-hybridized carbons (Fsp3) is 0.286. The summed E-state index contributed by atoms with van der Waals surface area (Å²) in [6.45, 7) is 5.50. The quantitative estimate of drug-likeness (QED) is 0.680. The lowest BCUT2D eigenvalue weighted by molar-refractivity contribution is -0.124. The van der Waals surface area contributed by atoms with E-state index in [0.29, 0.717) is 11.1 Å². The molecule has 1 heterocycles. The first-order valence-corrected chi connectivity index (χ1v) is 9.00. The molecular formula is C21H23N3O3. The van der Waals surface area contributed by atoms with E-state index >= 15 is 0 Å². The number of hydrogen-bond acceptors (Lipinski definition) is 4. The molecule has 3 rings (SSSR count). The molecule has 0 aliphatic heterocycles. The van der Waals surface area contributed by atoms with Crippen molar-refractivity contribution in [1.29, 1.82) is 0 Å². The van der Waals surface area contributed by atoms with Crippen LogP contribution in [0.2, 0.25) is 0 Å². The molecule has 0 radical (unpaired) electrons. The Kier molecular flexibility index (Phi) is 5.54. The maximum Gasteiger partial charge on any atom is 0.338 e. The Labute approximate surface area is 158 Å². The standard InChI is InChI=1S/C21H23N3O3/c1-4-14(2)22-20(25)13-27-21(26)16-10-11-19-18(12-16)23-15(3)24(19)17-8-6-5-7-9-17/h5-12,14H,4,13H2,1-3H3,(H,22,25)/t14-/m1/s1. The molecule has 140 valence electrons. The maximum absolute atomic E-state index is 12.3. The Morgan fingerprint density at radius 2 is 1.93 bits per heavy atom. The van der Waals surface area contributed by atoms with E-state index in [2.05, 4.69) is 10.3 Å². The van der Waals surface area contributed by atoms with Gasteiger partial charge in [0.15, 0.2) is 6.61 Å². The number of amides is 1. The third-order valence-electron chi connectivity index (χ3n) is 4.43. The molecule has 27 heavy (non-hydrogen) atoms. The summed E-state index contributed by atoms with van der Waals surface area (Å²) in [7, 11) is 0. The number of benzene rings is 2. The van der Waals surface area contributed by atoms with Gasteiger partial charge in [0.2, 0.25) is 0 Å². The molecule has 6 nitrogen and oxygen atoms in total. The van der Waals surface area contributed by atoms with Gasteiger partial charge in [0, 0.05) is 11.7 Å². The van der Waals surface area contributed by atoms with E-state index in [1.165, 1.54) is 0 Å². The SMILES string of the molecule is CC[C@@H](C)NC(=O)COC(=O)c1ccc2c(c1)nc(C)n2-c1ccccc1. The maximum atomic E-state index is 12.3. The smallest absolute Gasteiger partial charge is 0.338 e. The number of aromatic nitrogens is 2. The molecule has 6 heteroatoms. The number of para-hydroxylation sites is 1. The van der Waals surface area contributed by atoms with E-state index in [1.54, 1.807) is 12.1 Å². The zero-order chi connectivity index (χ0) is 19.4. The number of fused-ring (bicyclic) bond motifs is 1. The molecule has 0 saturated heterocycles. The minimum atomic E-state index is -0.539. The van der Waals surface area contributed by atoms with Crippen LogP contribution in [-0.2, 0) is 9.53 Å². The lowest BCUT2D eigenvalue weighted by atomic mass is 10.2. The molecule has 3 aromatic rings. The highest BCUT2D eigenvalue weighted by atomic mass is 16.5. The van der Waals surface area contributed by atoms with Gasteiger partial charge in [-0.1, -0.05) is 25.1 Å². The summed E-state index contributed by atoms with van der Waals surface area (Å²) in [5, 5.41) is 2.76. The van der Waals surface area contributed by atoms with Crippen LogP contribution in [0.15, 0.2) is 48.5 Å². The van der Waals surface area contributed by atoms with Gasteiger partial charge in [-0.25, -0.2) is 9.78 Å². The van der Waals surface area contributed by atoms with Crippen LogP contribution in [0.1, 0.15) is 36.5 Å². The Balaban J connectivity index is 1.77. The summed E-state index contributed by atoms with van der Waals surface area (Å²) >= 11 is 0. The average molecular weight is 365 g/mol. The van der Waals surface area contributed by atoms with Crippen LogP contribution in [-0.4, -0.2) is 34.1 Å². The number of ether oxygens (including phenoxy) is 1. The molecule has 1 amide bonds. The third-order valence-corrected chi connectivity index (χ3v) is 4.43. The number of nitrogens with one attached hydrogen (secondary N) is 1. The summed E-state index contributed by atoms with van der Waals surface area (Å²) < 4.78 is 7.15. The summed E-state index contributed by atoms with van der Waals surface area (Å²) in [5.41, 5.74) is 2.99. The first-order chi connectivity index (χ1) is 13.0. The zero-order valence-corrected chi connectivity index (χ0v) is 15.7. The molecule has 0 fully saturated rings. The number of carbonyl (C=O) groups is 2. The average Bonchev–Trinajstić information content (AvgIpc) is 3.01. The van der Waals surface area contributed by atoms with E-state index in [9.17, 15) is 9.59 Å². The predicted molar refractivity (Wildman–Crippen MR) is 104 cm³/mol. The van der Waals surface area contributed by atoms with Gasteiger partial charge < -0.3 is 10.1 Å². The normalized spacial score (nSPS) is 12.0. The zero-order valence-electron chi connectivity index (χ0n) is 15.7. The minimum Gasteiger partial charge on any atom is -0.452 e. The van der Waals surface area contributed by atoms with Gasteiger partial charge in [0.1, 0.15) is 5.82 Å². The van der Waals surface area contributed by atoms with Crippen molar-refractivity contribution in [2.45, 2.75) is 33.2 Å². The van der Waals surface area contributed by atoms with Crippen molar-refractivity contribution in [3.05, 3.63) is 59.9 Å². The number of hydrogen-bond donors (Lipinski definition) is 1. The Morgan fingerprint density at radius 3 is 2.63 bits per heavy atom. The van der Waals surface area contributed by atoms with Crippen LogP contribution < -0.4 is 5.32 Å². The van der Waals surface area contributed by atoms with Crippen molar-refractivity contribution in [1.82, 2.24) is 14.9 Å². The molecule has 0 unspecified atom stereocenters. The van der Waals surface area contributed by atoms with Crippen LogP contribution >= 0.6 is 0 Å². The van der Waals surface area contributed by atoms with Gasteiger partial charge in [-0.3, -0.25) is 9.36 Å².